The minimum absolute atomic E-state index is 0.435. The van der Waals surface area contributed by atoms with Crippen molar-refractivity contribution in [1.29, 1.82) is 0 Å². The molecule has 1 aromatic rings. The van der Waals surface area contributed by atoms with E-state index in [0.29, 0.717) is 6.42 Å². The predicted octanol–water partition coefficient (Wildman–Crippen LogP) is 3.25. The Hall–Kier alpha value is -1.08. The molecule has 0 radical (unpaired) electrons. The van der Waals surface area contributed by atoms with Crippen molar-refractivity contribution in [2.24, 2.45) is 0 Å². The van der Waals surface area contributed by atoms with Crippen molar-refractivity contribution in [2.45, 2.75) is 13.3 Å². The third kappa shape index (κ3) is 2.71. The summed E-state index contributed by atoms with van der Waals surface area (Å²) >= 11 is 5.97. The number of aryl methyl sites for hydroxylation is 1. The van der Waals surface area contributed by atoms with E-state index in [1.54, 1.807) is 6.08 Å². The van der Waals surface area contributed by atoms with E-state index in [-0.39, 0.29) is 0 Å². The van der Waals surface area contributed by atoms with Crippen molar-refractivity contribution >= 4 is 24.0 Å². The van der Waals surface area contributed by atoms with Crippen LogP contribution in [0.25, 0.3) is 6.08 Å². The lowest BCUT2D eigenvalue weighted by Crippen LogP contribution is -1.81. The van der Waals surface area contributed by atoms with E-state index in [0.717, 1.165) is 22.4 Å². The van der Waals surface area contributed by atoms with Crippen LogP contribution in [0, 0.1) is 6.92 Å². The number of rotatable bonds is 3. The molecule has 0 fully saturated rings. The average Bonchev–Trinajstić information content (AvgIpc) is 2.10. The van der Waals surface area contributed by atoms with Crippen LogP contribution in [-0.4, -0.2) is 6.29 Å². The maximum Gasteiger partial charge on any atom is 0.123 e. The molecule has 0 saturated carbocycles. The van der Waals surface area contributed by atoms with Crippen molar-refractivity contribution in [2.75, 3.05) is 0 Å². The largest absolute Gasteiger partial charge is 0.303 e. The molecule has 0 aliphatic heterocycles. The van der Waals surface area contributed by atoms with Crippen LogP contribution in [0.15, 0.2) is 24.3 Å². The fraction of sp³-hybridized carbons (Fsp3) is 0.182. The second kappa shape index (κ2) is 4.83. The van der Waals surface area contributed by atoms with Gasteiger partial charge in [-0.25, -0.2) is 0 Å². The van der Waals surface area contributed by atoms with E-state index in [9.17, 15) is 4.79 Å². The molecule has 0 N–H and O–H groups in total. The molecule has 0 aliphatic carbocycles. The number of hydrogen-bond donors (Lipinski definition) is 0. The van der Waals surface area contributed by atoms with Crippen LogP contribution < -0.4 is 0 Å². The van der Waals surface area contributed by atoms with Crippen LogP contribution in [0.5, 0.6) is 0 Å². The fourth-order valence-electron chi connectivity index (χ4n) is 1.10. The number of benzene rings is 1. The molecular weight excluding hydrogens is 184 g/mol. The lowest BCUT2D eigenvalue weighted by atomic mass is 10.1. The fourth-order valence-corrected chi connectivity index (χ4v) is 1.38. The van der Waals surface area contributed by atoms with Gasteiger partial charge in [0.05, 0.1) is 0 Å². The first-order chi connectivity index (χ1) is 6.25. The quantitative estimate of drug-likeness (QED) is 0.676. The lowest BCUT2D eigenvalue weighted by Gasteiger charge is -2.01. The van der Waals surface area contributed by atoms with Crippen LogP contribution in [0.2, 0.25) is 5.02 Å². The van der Waals surface area contributed by atoms with Gasteiger partial charge in [0.25, 0.3) is 0 Å². The molecule has 13 heavy (non-hydrogen) atoms. The van der Waals surface area contributed by atoms with Gasteiger partial charge in [0, 0.05) is 11.4 Å². The van der Waals surface area contributed by atoms with Crippen LogP contribution >= 0.6 is 11.6 Å². The number of aldehydes is 1. The molecule has 1 nitrogen and oxygen atoms in total. The highest BCUT2D eigenvalue weighted by Gasteiger charge is 1.97. The molecule has 0 atom stereocenters. The minimum atomic E-state index is 0.435. The summed E-state index contributed by atoms with van der Waals surface area (Å²) in [6.07, 6.45) is 4.99. The predicted molar refractivity (Wildman–Crippen MR) is 55.9 cm³/mol. The normalized spacial score (nSPS) is 10.6. The Morgan fingerprint density at radius 1 is 1.46 bits per heavy atom. The van der Waals surface area contributed by atoms with Gasteiger partial charge in [-0.2, -0.15) is 0 Å². The first-order valence-electron chi connectivity index (χ1n) is 4.11. The van der Waals surface area contributed by atoms with Gasteiger partial charge in [-0.1, -0.05) is 35.9 Å². The zero-order chi connectivity index (χ0) is 9.68. The van der Waals surface area contributed by atoms with Gasteiger partial charge in [-0.15, -0.1) is 0 Å². The van der Waals surface area contributed by atoms with Gasteiger partial charge >= 0.3 is 0 Å². The molecule has 68 valence electrons. The SMILES string of the molecule is Cc1cccc(Cl)c1C=CCC=O. The van der Waals surface area contributed by atoms with E-state index in [1.165, 1.54) is 0 Å². The highest BCUT2D eigenvalue weighted by atomic mass is 35.5. The molecule has 0 saturated heterocycles. The first-order valence-corrected chi connectivity index (χ1v) is 4.49. The minimum Gasteiger partial charge on any atom is -0.303 e. The van der Waals surface area contributed by atoms with E-state index in [4.69, 9.17) is 11.6 Å². The zero-order valence-corrected chi connectivity index (χ0v) is 8.21. The van der Waals surface area contributed by atoms with Gasteiger partial charge in [0.2, 0.25) is 0 Å². The van der Waals surface area contributed by atoms with Crippen molar-refractivity contribution < 1.29 is 4.79 Å². The first kappa shape index (κ1) is 10.0. The maximum atomic E-state index is 10.1. The van der Waals surface area contributed by atoms with Gasteiger partial charge in [0.15, 0.2) is 0 Å². The van der Waals surface area contributed by atoms with E-state index in [2.05, 4.69) is 0 Å². The van der Waals surface area contributed by atoms with Crippen LogP contribution in [0.3, 0.4) is 0 Å². The number of halogens is 1. The van der Waals surface area contributed by atoms with E-state index in [1.807, 2.05) is 31.2 Å². The molecule has 0 aromatic heterocycles. The Labute approximate surface area is 83.0 Å². The zero-order valence-electron chi connectivity index (χ0n) is 7.46. The summed E-state index contributed by atoms with van der Waals surface area (Å²) in [5.41, 5.74) is 2.11. The van der Waals surface area contributed by atoms with Gasteiger partial charge < -0.3 is 4.79 Å². The Kier molecular flexibility index (Phi) is 3.71. The summed E-state index contributed by atoms with van der Waals surface area (Å²) in [5, 5.41) is 0.724. The van der Waals surface area contributed by atoms with Crippen molar-refractivity contribution in [3.05, 3.63) is 40.4 Å². The number of allylic oxidation sites excluding steroid dienone is 1. The van der Waals surface area contributed by atoms with Crippen molar-refractivity contribution in [1.82, 2.24) is 0 Å². The topological polar surface area (TPSA) is 17.1 Å². The summed E-state index contributed by atoms with van der Waals surface area (Å²) in [5.74, 6) is 0. The highest BCUT2D eigenvalue weighted by molar-refractivity contribution is 6.32. The smallest absolute Gasteiger partial charge is 0.123 e. The number of carbonyl (C=O) groups is 1. The van der Waals surface area contributed by atoms with Crippen molar-refractivity contribution in [3.8, 4) is 0 Å². The molecule has 1 rings (SSSR count). The van der Waals surface area contributed by atoms with Gasteiger partial charge in [0.1, 0.15) is 6.29 Å². The molecule has 1 aromatic carbocycles. The summed E-state index contributed by atoms with van der Waals surface area (Å²) in [6, 6.07) is 5.75. The third-order valence-electron chi connectivity index (χ3n) is 1.79. The van der Waals surface area contributed by atoms with Gasteiger partial charge in [-0.3, -0.25) is 0 Å². The average molecular weight is 195 g/mol. The Balaban J connectivity index is 2.92. The molecular formula is C11H11ClO. The van der Waals surface area contributed by atoms with E-state index < -0.39 is 0 Å². The summed E-state index contributed by atoms with van der Waals surface area (Å²) in [4.78, 5) is 10.1. The maximum absolute atomic E-state index is 10.1. The summed E-state index contributed by atoms with van der Waals surface area (Å²) < 4.78 is 0. The lowest BCUT2D eigenvalue weighted by molar-refractivity contribution is -0.107. The second-order valence-corrected chi connectivity index (χ2v) is 3.18. The second-order valence-electron chi connectivity index (χ2n) is 2.78. The molecule has 0 unspecified atom stereocenters. The summed E-state index contributed by atoms with van der Waals surface area (Å²) in [7, 11) is 0. The molecule has 0 spiro atoms. The number of hydrogen-bond acceptors (Lipinski definition) is 1. The standard InChI is InChI=1S/C11H11ClO/c1-9-5-4-7-11(12)10(9)6-2-3-8-13/h2,4-8H,3H2,1H3. The Bertz CT molecular complexity index is 309. The molecule has 0 amide bonds. The molecule has 0 aliphatic rings. The molecule has 0 bridgehead atoms. The molecule has 2 heteroatoms. The van der Waals surface area contributed by atoms with Crippen LogP contribution in [0.1, 0.15) is 17.5 Å². The third-order valence-corrected chi connectivity index (χ3v) is 2.12. The van der Waals surface area contributed by atoms with Crippen LogP contribution in [-0.2, 0) is 4.79 Å². The highest BCUT2D eigenvalue weighted by Crippen LogP contribution is 2.20. The monoisotopic (exact) mass is 194 g/mol. The molecule has 0 heterocycles. The Morgan fingerprint density at radius 3 is 2.85 bits per heavy atom. The van der Waals surface area contributed by atoms with Crippen LogP contribution in [0.4, 0.5) is 0 Å². The Morgan fingerprint density at radius 2 is 2.23 bits per heavy atom. The van der Waals surface area contributed by atoms with E-state index >= 15 is 0 Å². The van der Waals surface area contributed by atoms with Gasteiger partial charge in [-0.05, 0) is 24.1 Å². The number of carbonyl (C=O) groups excluding carboxylic acids is 1. The summed E-state index contributed by atoms with van der Waals surface area (Å²) in [6.45, 7) is 1.99. The van der Waals surface area contributed by atoms with Crippen molar-refractivity contribution in [3.63, 3.8) is 0 Å².